The predicted molar refractivity (Wildman–Crippen MR) is 233 cm³/mol. The zero-order valence-corrected chi connectivity index (χ0v) is 36.1. The second kappa shape index (κ2) is 32.3. The Hall–Kier alpha value is -3.72. The molecule has 0 bridgehead atoms. The topological polar surface area (TPSA) is 141 Å². The van der Waals surface area contributed by atoms with Crippen LogP contribution in [0.25, 0.3) is 0 Å². The fraction of sp³-hybridized carbons (Fsp3) is 0.750. The molecular formula is C48H78N4O5. The molecule has 9 heteroatoms. The third kappa shape index (κ3) is 20.5. The summed E-state index contributed by atoms with van der Waals surface area (Å²) in [7, 11) is 0. The Balaban J connectivity index is 1.78. The molecule has 0 radical (unpaired) electrons. The van der Waals surface area contributed by atoms with Gasteiger partial charge in [-0.15, -0.1) is 0 Å². The smallest absolute Gasteiger partial charge is 0.266 e. The summed E-state index contributed by atoms with van der Waals surface area (Å²) in [6.45, 7) is 5.31. The zero-order chi connectivity index (χ0) is 41.4. The lowest BCUT2D eigenvalue weighted by atomic mass is 10.0. The largest absolute Gasteiger partial charge is 0.502 e. The Bertz CT molecular complexity index is 1450. The average Bonchev–Trinajstić information content (AvgIpc) is 3.21. The van der Waals surface area contributed by atoms with E-state index in [1.54, 1.807) is 0 Å². The summed E-state index contributed by atoms with van der Waals surface area (Å²) < 4.78 is 8.73. The molecule has 0 amide bonds. The van der Waals surface area contributed by atoms with Gasteiger partial charge in [0.1, 0.15) is 12.1 Å². The van der Waals surface area contributed by atoms with Gasteiger partial charge in [-0.3, -0.25) is 9.59 Å². The number of pyridine rings is 2. The first-order valence-electron chi connectivity index (χ1n) is 23.3. The highest BCUT2D eigenvalue weighted by Gasteiger charge is 2.21. The number of ether oxygens (including phenoxy) is 1. The first kappa shape index (κ1) is 49.4. The fourth-order valence-electron chi connectivity index (χ4n) is 7.76. The van der Waals surface area contributed by atoms with E-state index in [1.165, 1.54) is 176 Å². The van der Waals surface area contributed by atoms with E-state index in [9.17, 15) is 30.3 Å². The molecule has 0 aliphatic rings. The number of aryl methyl sites for hydroxylation is 2. The van der Waals surface area contributed by atoms with E-state index < -0.39 is 22.4 Å². The quantitative estimate of drug-likeness (QED) is 0.0654. The summed E-state index contributed by atoms with van der Waals surface area (Å²) in [5, 5.41) is 40.7. The predicted octanol–water partition coefficient (Wildman–Crippen LogP) is 13.5. The second-order valence-corrected chi connectivity index (χ2v) is 16.4. The van der Waals surface area contributed by atoms with Crippen molar-refractivity contribution in [2.24, 2.45) is 0 Å². The van der Waals surface area contributed by atoms with Gasteiger partial charge in [-0.2, -0.15) is 10.5 Å². The summed E-state index contributed by atoms with van der Waals surface area (Å²) in [5.74, 6) is -2.12. The molecule has 57 heavy (non-hydrogen) atoms. The molecule has 0 fully saturated rings. The summed E-state index contributed by atoms with van der Waals surface area (Å²) >= 11 is 0. The number of unbranched alkanes of at least 4 members (excludes halogenated alkanes) is 30. The maximum absolute atomic E-state index is 13.0. The van der Waals surface area contributed by atoms with Gasteiger partial charge in [-0.25, -0.2) is 0 Å². The maximum atomic E-state index is 13.0. The molecule has 0 aliphatic heterocycles. The third-order valence-electron chi connectivity index (χ3n) is 11.4. The van der Waals surface area contributed by atoms with E-state index >= 15 is 0 Å². The Morgan fingerprint density at radius 3 is 0.895 bits per heavy atom. The van der Waals surface area contributed by atoms with Gasteiger partial charge in [0.2, 0.25) is 11.5 Å². The fourth-order valence-corrected chi connectivity index (χ4v) is 7.76. The lowest BCUT2D eigenvalue weighted by Crippen LogP contribution is -2.18. The minimum atomic E-state index is -0.914. The van der Waals surface area contributed by atoms with Gasteiger partial charge in [-0.05, 0) is 12.8 Å². The summed E-state index contributed by atoms with van der Waals surface area (Å²) in [5.41, 5.74) is -2.14. The first-order chi connectivity index (χ1) is 27.9. The van der Waals surface area contributed by atoms with Gasteiger partial charge in [-0.1, -0.05) is 206 Å². The molecule has 0 aromatic carbocycles. The van der Waals surface area contributed by atoms with Crippen LogP contribution in [0, 0.1) is 22.7 Å². The molecular weight excluding hydrogens is 713 g/mol. The standard InChI is InChI=1S/C48H78N4O5/c1-3-5-7-9-11-13-15-17-19-21-23-25-27-29-31-33-35-51-39-43(47(55)45(53)41(51)37-49)57-44-40-52(42(38-50)46(54)48(44)56)36-34-32-30-28-26-24-22-20-18-16-14-12-10-8-6-4-2/h39-40,53-54H,3-36H2,1-2H3. The molecule has 0 spiro atoms. The number of hydrogen-bond acceptors (Lipinski definition) is 7. The highest BCUT2D eigenvalue weighted by Crippen LogP contribution is 2.25. The van der Waals surface area contributed by atoms with Gasteiger partial charge in [0.05, 0.1) is 12.4 Å². The Kier molecular flexibility index (Phi) is 28.0. The molecule has 2 N–H and O–H groups in total. The van der Waals surface area contributed by atoms with Crippen LogP contribution in [0.4, 0.5) is 0 Å². The van der Waals surface area contributed by atoms with Crippen LogP contribution in [0.3, 0.4) is 0 Å². The molecule has 0 aliphatic carbocycles. The monoisotopic (exact) mass is 791 g/mol. The van der Waals surface area contributed by atoms with E-state index in [0.717, 1.165) is 51.4 Å². The Labute approximate surface area is 345 Å². The van der Waals surface area contributed by atoms with E-state index in [2.05, 4.69) is 13.8 Å². The molecule has 2 heterocycles. The lowest BCUT2D eigenvalue weighted by Gasteiger charge is -2.15. The minimum Gasteiger partial charge on any atom is -0.502 e. The minimum absolute atomic E-state index is 0.156. The van der Waals surface area contributed by atoms with Crippen molar-refractivity contribution in [3.63, 3.8) is 0 Å². The van der Waals surface area contributed by atoms with Crippen molar-refractivity contribution in [3.8, 4) is 35.1 Å². The average molecular weight is 791 g/mol. The van der Waals surface area contributed by atoms with Crippen molar-refractivity contribution in [1.29, 1.82) is 10.5 Å². The van der Waals surface area contributed by atoms with Crippen molar-refractivity contribution in [2.75, 3.05) is 0 Å². The Morgan fingerprint density at radius 2 is 0.667 bits per heavy atom. The van der Waals surface area contributed by atoms with Crippen molar-refractivity contribution < 1.29 is 14.9 Å². The van der Waals surface area contributed by atoms with E-state index in [-0.39, 0.29) is 22.9 Å². The van der Waals surface area contributed by atoms with Crippen LogP contribution in [-0.4, -0.2) is 19.3 Å². The van der Waals surface area contributed by atoms with Crippen molar-refractivity contribution >= 4 is 0 Å². The third-order valence-corrected chi connectivity index (χ3v) is 11.4. The van der Waals surface area contributed by atoms with E-state index in [4.69, 9.17) is 4.74 Å². The Morgan fingerprint density at radius 1 is 0.439 bits per heavy atom. The number of hydrogen-bond donors (Lipinski definition) is 2. The lowest BCUT2D eigenvalue weighted by molar-refractivity contribution is 0.409. The van der Waals surface area contributed by atoms with E-state index in [1.807, 2.05) is 12.1 Å². The molecule has 2 aromatic rings. The highest BCUT2D eigenvalue weighted by atomic mass is 16.5. The molecule has 0 unspecified atom stereocenters. The van der Waals surface area contributed by atoms with Crippen LogP contribution in [0.2, 0.25) is 0 Å². The van der Waals surface area contributed by atoms with Gasteiger partial charge < -0.3 is 24.1 Å². The molecule has 0 saturated carbocycles. The summed E-state index contributed by atoms with van der Waals surface area (Å²) in [6.07, 6.45) is 42.5. The second-order valence-electron chi connectivity index (χ2n) is 16.4. The molecule has 2 aromatic heterocycles. The van der Waals surface area contributed by atoms with Crippen molar-refractivity contribution in [1.82, 2.24) is 9.13 Å². The highest BCUT2D eigenvalue weighted by molar-refractivity contribution is 5.46. The SMILES string of the molecule is CCCCCCCCCCCCCCCCCCn1cc(Oc2cn(CCCCCCCCCCCCCCCCCC)c(C#N)c(O)c2=O)c(=O)c(O)c1C#N. The number of rotatable bonds is 36. The van der Waals surface area contributed by atoms with Gasteiger partial charge >= 0.3 is 0 Å². The van der Waals surface area contributed by atoms with Crippen LogP contribution < -0.4 is 15.6 Å². The molecule has 9 nitrogen and oxygen atoms in total. The van der Waals surface area contributed by atoms with Crippen molar-refractivity contribution in [3.05, 3.63) is 44.2 Å². The molecule has 0 atom stereocenters. The zero-order valence-electron chi connectivity index (χ0n) is 36.1. The summed E-state index contributed by atoms with van der Waals surface area (Å²) in [6, 6.07) is 3.85. The van der Waals surface area contributed by atoms with Gasteiger partial charge in [0.25, 0.3) is 10.9 Å². The van der Waals surface area contributed by atoms with Crippen LogP contribution in [0.5, 0.6) is 23.0 Å². The van der Waals surface area contributed by atoms with Crippen LogP contribution >= 0.6 is 0 Å². The number of nitriles is 2. The van der Waals surface area contributed by atoms with Gasteiger partial charge in [0, 0.05) is 13.1 Å². The van der Waals surface area contributed by atoms with Crippen LogP contribution in [0.15, 0.2) is 22.0 Å². The number of aromatic nitrogens is 2. The summed E-state index contributed by atoms with van der Waals surface area (Å²) in [4.78, 5) is 26.0. The van der Waals surface area contributed by atoms with E-state index in [0.29, 0.717) is 13.1 Å². The molecule has 2 rings (SSSR count). The number of nitrogens with zero attached hydrogens (tertiary/aromatic N) is 4. The number of aromatic hydroxyl groups is 2. The maximum Gasteiger partial charge on any atom is 0.266 e. The molecule has 0 saturated heterocycles. The normalized spacial score (nSPS) is 11.2. The van der Waals surface area contributed by atoms with Crippen LogP contribution in [0.1, 0.15) is 231 Å². The molecule has 320 valence electrons. The first-order valence-corrected chi connectivity index (χ1v) is 23.3. The van der Waals surface area contributed by atoms with Crippen LogP contribution in [-0.2, 0) is 13.1 Å². The van der Waals surface area contributed by atoms with Gasteiger partial charge in [0.15, 0.2) is 22.9 Å². The van der Waals surface area contributed by atoms with Crippen molar-refractivity contribution in [2.45, 2.75) is 232 Å².